The molecule has 1 aromatic rings. The zero-order valence-corrected chi connectivity index (χ0v) is 18.4. The highest BCUT2D eigenvalue weighted by Gasteiger charge is 2.25. The summed E-state index contributed by atoms with van der Waals surface area (Å²) in [5.41, 5.74) is 0.374. The number of sulfonamides is 1. The molecule has 1 heterocycles. The van der Waals surface area contributed by atoms with Gasteiger partial charge in [0.2, 0.25) is 15.9 Å². The van der Waals surface area contributed by atoms with Crippen LogP contribution in [0.4, 0.5) is 5.69 Å². The first-order valence-electron chi connectivity index (χ1n) is 9.91. The van der Waals surface area contributed by atoms with Crippen LogP contribution in [0.2, 0.25) is 0 Å². The molecule has 2 rings (SSSR count). The lowest BCUT2D eigenvalue weighted by molar-refractivity contribution is -0.117. The Morgan fingerprint density at radius 2 is 1.82 bits per heavy atom. The number of hydrogen-bond donors (Lipinski definition) is 1. The van der Waals surface area contributed by atoms with Crippen LogP contribution in [0.5, 0.6) is 5.75 Å². The van der Waals surface area contributed by atoms with Crippen molar-refractivity contribution in [3.05, 3.63) is 18.2 Å². The highest BCUT2D eigenvalue weighted by molar-refractivity contribution is 7.89. The molecule has 158 valence electrons. The molecule has 1 fully saturated rings. The van der Waals surface area contributed by atoms with Crippen molar-refractivity contribution in [2.45, 2.75) is 39.0 Å². The zero-order chi connectivity index (χ0) is 20.9. The van der Waals surface area contributed by atoms with Crippen molar-refractivity contribution in [3.8, 4) is 5.75 Å². The van der Waals surface area contributed by atoms with Crippen LogP contribution in [0, 0.1) is 11.8 Å². The highest BCUT2D eigenvalue weighted by atomic mass is 32.2. The highest BCUT2D eigenvalue weighted by Crippen LogP contribution is 2.29. The average molecular weight is 412 g/mol. The van der Waals surface area contributed by atoms with Gasteiger partial charge in [0.05, 0.1) is 24.2 Å². The van der Waals surface area contributed by atoms with Crippen molar-refractivity contribution in [3.63, 3.8) is 0 Å². The molecule has 2 atom stereocenters. The third kappa shape index (κ3) is 5.46. The zero-order valence-electron chi connectivity index (χ0n) is 17.6. The van der Waals surface area contributed by atoms with Gasteiger partial charge in [0, 0.05) is 26.2 Å². The van der Waals surface area contributed by atoms with E-state index in [2.05, 4.69) is 24.1 Å². The number of rotatable bonds is 8. The number of ether oxygens (including phenoxy) is 1. The average Bonchev–Trinajstić information content (AvgIpc) is 2.61. The SMILES string of the molecule is CCN(CC)S(=O)(=O)c1ccc(OC)c(NC(=O)CN2C[C@H](C)C[C@H](C)C2)c1. The third-order valence-corrected chi connectivity index (χ3v) is 7.15. The van der Waals surface area contributed by atoms with Gasteiger partial charge in [-0.25, -0.2) is 8.42 Å². The second kappa shape index (κ2) is 9.71. The maximum Gasteiger partial charge on any atom is 0.243 e. The number of hydrogen-bond acceptors (Lipinski definition) is 5. The van der Waals surface area contributed by atoms with Gasteiger partial charge in [-0.2, -0.15) is 4.31 Å². The second-order valence-corrected chi connectivity index (χ2v) is 9.58. The van der Waals surface area contributed by atoms with Crippen LogP contribution < -0.4 is 10.1 Å². The minimum atomic E-state index is -3.61. The molecule has 1 aliphatic rings. The van der Waals surface area contributed by atoms with E-state index in [-0.39, 0.29) is 17.3 Å². The first-order valence-corrected chi connectivity index (χ1v) is 11.4. The second-order valence-electron chi connectivity index (χ2n) is 7.64. The Morgan fingerprint density at radius 1 is 1.21 bits per heavy atom. The predicted octanol–water partition coefficient (Wildman–Crippen LogP) is 2.64. The number of nitrogens with one attached hydrogen (secondary N) is 1. The summed E-state index contributed by atoms with van der Waals surface area (Å²) in [6, 6.07) is 4.57. The molecule has 0 bridgehead atoms. The molecule has 1 amide bonds. The molecule has 1 aliphatic heterocycles. The van der Waals surface area contributed by atoms with Crippen molar-refractivity contribution < 1.29 is 17.9 Å². The monoisotopic (exact) mass is 411 g/mol. The van der Waals surface area contributed by atoms with Gasteiger partial charge in [-0.15, -0.1) is 0 Å². The van der Waals surface area contributed by atoms with E-state index in [0.29, 0.717) is 36.4 Å². The Hall–Kier alpha value is -1.64. The first-order chi connectivity index (χ1) is 13.2. The van der Waals surface area contributed by atoms with Gasteiger partial charge in [0.25, 0.3) is 0 Å². The van der Waals surface area contributed by atoms with Gasteiger partial charge in [0.15, 0.2) is 0 Å². The molecule has 8 heteroatoms. The van der Waals surface area contributed by atoms with Crippen LogP contribution >= 0.6 is 0 Å². The Bertz CT molecular complexity index is 768. The molecule has 0 spiro atoms. The fraction of sp³-hybridized carbons (Fsp3) is 0.650. The van der Waals surface area contributed by atoms with E-state index >= 15 is 0 Å². The number of carbonyl (C=O) groups is 1. The number of likely N-dealkylation sites (tertiary alicyclic amines) is 1. The number of anilines is 1. The standard InChI is InChI=1S/C20H33N3O4S/c1-6-23(7-2)28(25,26)17-8-9-19(27-5)18(11-17)21-20(24)14-22-12-15(3)10-16(4)13-22/h8-9,11,15-16H,6-7,10,12-14H2,1-5H3,(H,21,24)/t15-,16+. The number of benzene rings is 1. The van der Waals surface area contributed by atoms with Gasteiger partial charge in [-0.05, 0) is 36.5 Å². The van der Waals surface area contributed by atoms with Crippen LogP contribution in [0.15, 0.2) is 23.1 Å². The van der Waals surface area contributed by atoms with Crippen LogP contribution in [-0.4, -0.2) is 63.4 Å². The number of piperidine rings is 1. The minimum absolute atomic E-state index is 0.146. The molecule has 7 nitrogen and oxygen atoms in total. The fourth-order valence-corrected chi connectivity index (χ4v) is 5.46. The van der Waals surface area contributed by atoms with E-state index < -0.39 is 10.0 Å². The lowest BCUT2D eigenvalue weighted by atomic mass is 9.92. The molecule has 0 aliphatic carbocycles. The summed E-state index contributed by atoms with van der Waals surface area (Å²) >= 11 is 0. The summed E-state index contributed by atoms with van der Waals surface area (Å²) in [6.07, 6.45) is 1.18. The molecule has 0 aromatic heterocycles. The lowest BCUT2D eigenvalue weighted by Crippen LogP contribution is -2.42. The largest absolute Gasteiger partial charge is 0.495 e. The summed E-state index contributed by atoms with van der Waals surface area (Å²) in [6.45, 7) is 10.8. The number of amides is 1. The molecule has 0 unspecified atom stereocenters. The van der Waals surface area contributed by atoms with Crippen LogP contribution in [0.25, 0.3) is 0 Å². The van der Waals surface area contributed by atoms with Crippen LogP contribution in [0.1, 0.15) is 34.1 Å². The quantitative estimate of drug-likeness (QED) is 0.711. The summed E-state index contributed by atoms with van der Waals surface area (Å²) in [7, 11) is -2.11. The van der Waals surface area contributed by atoms with Crippen molar-refractivity contribution in [1.29, 1.82) is 0 Å². The van der Waals surface area contributed by atoms with Crippen molar-refractivity contribution in [1.82, 2.24) is 9.21 Å². The van der Waals surface area contributed by atoms with E-state index in [0.717, 1.165) is 13.1 Å². The summed E-state index contributed by atoms with van der Waals surface area (Å²) < 4.78 is 32.3. The molecule has 1 N–H and O–H groups in total. The number of methoxy groups -OCH3 is 1. The number of carbonyl (C=O) groups excluding carboxylic acids is 1. The van der Waals surface area contributed by atoms with Gasteiger partial charge < -0.3 is 10.1 Å². The molecular weight excluding hydrogens is 378 g/mol. The molecule has 28 heavy (non-hydrogen) atoms. The van der Waals surface area contributed by atoms with E-state index in [1.165, 1.54) is 30.0 Å². The first kappa shape index (κ1) is 22.6. The molecule has 1 saturated heterocycles. The van der Waals surface area contributed by atoms with Crippen LogP contribution in [-0.2, 0) is 14.8 Å². The van der Waals surface area contributed by atoms with Crippen molar-refractivity contribution in [2.75, 3.05) is 45.2 Å². The Kier molecular flexibility index (Phi) is 7.86. The fourth-order valence-electron chi connectivity index (χ4n) is 3.97. The topological polar surface area (TPSA) is 79.0 Å². The molecule has 0 saturated carbocycles. The Balaban J connectivity index is 2.19. The van der Waals surface area contributed by atoms with Crippen molar-refractivity contribution >= 4 is 21.6 Å². The van der Waals surface area contributed by atoms with E-state index in [1.54, 1.807) is 19.9 Å². The van der Waals surface area contributed by atoms with Gasteiger partial charge in [-0.1, -0.05) is 27.7 Å². The van der Waals surface area contributed by atoms with E-state index in [1.807, 2.05) is 0 Å². The Morgan fingerprint density at radius 3 is 2.36 bits per heavy atom. The van der Waals surface area contributed by atoms with E-state index in [9.17, 15) is 13.2 Å². The summed E-state index contributed by atoms with van der Waals surface area (Å²) in [5.74, 6) is 1.39. The maximum atomic E-state index is 12.8. The van der Waals surface area contributed by atoms with Gasteiger partial charge in [-0.3, -0.25) is 9.69 Å². The minimum Gasteiger partial charge on any atom is -0.495 e. The molecule has 1 aromatic carbocycles. The smallest absolute Gasteiger partial charge is 0.243 e. The lowest BCUT2D eigenvalue weighted by Gasteiger charge is -2.34. The summed E-state index contributed by atoms with van der Waals surface area (Å²) in [4.78, 5) is 14.9. The Labute approximate surface area is 169 Å². The number of nitrogens with zero attached hydrogens (tertiary/aromatic N) is 2. The van der Waals surface area contributed by atoms with Gasteiger partial charge >= 0.3 is 0 Å². The summed E-state index contributed by atoms with van der Waals surface area (Å²) in [5, 5.41) is 2.84. The maximum absolute atomic E-state index is 12.8. The van der Waals surface area contributed by atoms with Crippen LogP contribution in [0.3, 0.4) is 0 Å². The van der Waals surface area contributed by atoms with Crippen molar-refractivity contribution in [2.24, 2.45) is 11.8 Å². The molecule has 0 radical (unpaired) electrons. The predicted molar refractivity (Wildman–Crippen MR) is 111 cm³/mol. The third-order valence-electron chi connectivity index (χ3n) is 5.10. The normalized spacial score (nSPS) is 20.9. The molecular formula is C20H33N3O4S. The van der Waals surface area contributed by atoms with E-state index in [4.69, 9.17) is 4.74 Å². The van der Waals surface area contributed by atoms with Gasteiger partial charge in [0.1, 0.15) is 5.75 Å².